The molecule has 5 aromatic rings. The number of azide groups is 1. The van der Waals surface area contributed by atoms with Gasteiger partial charge in [0.2, 0.25) is 10.4 Å². The maximum absolute atomic E-state index is 15.2. The van der Waals surface area contributed by atoms with Crippen molar-refractivity contribution in [2.24, 2.45) is 5.11 Å². The zero-order valence-corrected chi connectivity index (χ0v) is 61.3. The van der Waals surface area contributed by atoms with Crippen LogP contribution in [0, 0.1) is 20.8 Å². The van der Waals surface area contributed by atoms with Gasteiger partial charge >= 0.3 is 71.3 Å². The summed E-state index contributed by atoms with van der Waals surface area (Å²) < 4.78 is 124. The molecule has 15 atom stereocenters. The number of amides is 4. The molecule has 0 aliphatic carbocycles. The third kappa shape index (κ3) is 19.2. The maximum atomic E-state index is 15.2. The van der Waals surface area contributed by atoms with Gasteiger partial charge in [0.15, 0.2) is 55.5 Å². The minimum atomic E-state index is -5.75. The molecule has 10 rings (SSSR count). The molecule has 5 aliphatic rings. The maximum Gasteiger partial charge on any atom is 1.00 e. The van der Waals surface area contributed by atoms with Gasteiger partial charge < -0.3 is 66.1 Å². The second-order valence-electron chi connectivity index (χ2n) is 24.9. The number of carbonyl (C=O) groups excluding carboxylic acids is 11. The zero-order chi connectivity index (χ0) is 75.6. The summed E-state index contributed by atoms with van der Waals surface area (Å²) in [6.07, 6.45) is -26.6. The first-order valence-corrected chi connectivity index (χ1v) is 34.3. The molecule has 33 nitrogen and oxygen atoms in total. The van der Waals surface area contributed by atoms with Crippen LogP contribution in [0.25, 0.3) is 10.4 Å². The fourth-order valence-electron chi connectivity index (χ4n) is 12.5. The zero-order valence-electron chi connectivity index (χ0n) is 58.4. The SMILES string of the molecule is CC(=O)OC[C@H]1O[C@@H](OC[C@H]2O[C@@H](OCCCCCN=[N+]=[N-])[C@H](N3C(=O)c4ccccc4C3=O)[C@@H](O[C@@H]3O[C@H](COS(=O)(=O)[O-])[C@@H](OC(=O)c4ccc(C)cc4)[C@H](OC(=O)c4ccc(C)cc4)[C@H]3OC(=O)c3ccc(C)cc3)[C@H]2OC(C)=O)[C@H](N2C(=O)c3ccccc3C2=O)[C@@H](OC(C)=O)[C@H]1OC(C)=O.[Na+]. The summed E-state index contributed by atoms with van der Waals surface area (Å²) in [7, 11) is -5.75. The second kappa shape index (κ2) is 35.8. The summed E-state index contributed by atoms with van der Waals surface area (Å²) in [5.41, 5.74) is 9.92. The summed E-state index contributed by atoms with van der Waals surface area (Å²) in [4.78, 5) is 161. The van der Waals surface area contributed by atoms with Gasteiger partial charge in [0.25, 0.3) is 23.6 Å². The summed E-state index contributed by atoms with van der Waals surface area (Å²) in [5, 5.41) is 3.58. The molecule has 4 amide bonds. The molecule has 0 N–H and O–H groups in total. The molecule has 3 saturated heterocycles. The number of hydrogen-bond donors (Lipinski definition) is 0. The Morgan fingerprint density at radius 2 is 0.840 bits per heavy atom. The molecular weight excluding hydrogens is 1430 g/mol. The predicted octanol–water partition coefficient (Wildman–Crippen LogP) is 2.83. The monoisotopic (exact) mass is 1500 g/mol. The molecular formula is C71H72N5NaO28S. The van der Waals surface area contributed by atoms with Gasteiger partial charge in [-0.25, -0.2) is 22.8 Å². The van der Waals surface area contributed by atoms with E-state index in [2.05, 4.69) is 10.0 Å². The summed E-state index contributed by atoms with van der Waals surface area (Å²) in [6, 6.07) is 24.4. The molecule has 0 bridgehead atoms. The van der Waals surface area contributed by atoms with Gasteiger partial charge in [0.05, 0.1) is 52.2 Å². The summed E-state index contributed by atoms with van der Waals surface area (Å²) in [6.45, 7) is 5.53. The van der Waals surface area contributed by atoms with Gasteiger partial charge in [-0.3, -0.25) is 52.3 Å². The topological polar surface area (TPSA) is 429 Å². The van der Waals surface area contributed by atoms with Crippen molar-refractivity contribution >= 4 is 75.8 Å². The molecule has 0 unspecified atom stereocenters. The van der Waals surface area contributed by atoms with Gasteiger partial charge in [-0.1, -0.05) is 88.9 Å². The van der Waals surface area contributed by atoms with Crippen LogP contribution in [-0.2, 0) is 95.3 Å². The van der Waals surface area contributed by atoms with Crippen LogP contribution in [-0.4, -0.2) is 213 Å². The van der Waals surface area contributed by atoms with Crippen molar-refractivity contribution in [3.8, 4) is 0 Å². The first-order chi connectivity index (χ1) is 50.1. The number of hydrogen-bond acceptors (Lipinski definition) is 29. The first kappa shape index (κ1) is 80.7. The Hall–Kier alpha value is -9.39. The van der Waals surface area contributed by atoms with E-state index in [1.807, 2.05) is 0 Å². The number of rotatable bonds is 28. The number of imide groups is 2. The van der Waals surface area contributed by atoms with Crippen LogP contribution < -0.4 is 29.6 Å². The molecule has 106 heavy (non-hydrogen) atoms. The fourth-order valence-corrected chi connectivity index (χ4v) is 12.8. The Kier molecular flexibility index (Phi) is 27.3. The second-order valence-corrected chi connectivity index (χ2v) is 26.0. The van der Waals surface area contributed by atoms with Crippen molar-refractivity contribution in [2.75, 3.05) is 33.0 Å². The minimum absolute atomic E-state index is 0. The number of fused-ring (bicyclic) bond motifs is 2. The van der Waals surface area contributed by atoms with Crippen LogP contribution >= 0.6 is 0 Å². The number of unbranched alkanes of at least 4 members (excludes halogenated alkanes) is 2. The number of carbonyl (C=O) groups is 11. The average Bonchev–Trinajstić information content (AvgIpc) is 1.48. The van der Waals surface area contributed by atoms with Crippen molar-refractivity contribution in [1.82, 2.24) is 9.80 Å². The van der Waals surface area contributed by atoms with E-state index in [1.165, 1.54) is 109 Å². The molecule has 3 fully saturated rings. The van der Waals surface area contributed by atoms with Gasteiger partial charge in [0, 0.05) is 45.8 Å². The minimum Gasteiger partial charge on any atom is -0.726 e. The van der Waals surface area contributed by atoms with Crippen molar-refractivity contribution < 1.29 is 161 Å². The number of nitrogens with zero attached hydrogens (tertiary/aromatic N) is 5. The number of benzene rings is 5. The number of aryl methyl sites for hydroxylation is 3. The molecule has 35 heteroatoms. The smallest absolute Gasteiger partial charge is 0.726 e. The molecule has 0 aromatic heterocycles. The van der Waals surface area contributed by atoms with E-state index >= 15 is 9.59 Å². The third-order valence-corrected chi connectivity index (χ3v) is 17.8. The van der Waals surface area contributed by atoms with E-state index in [0.717, 1.165) is 27.7 Å². The van der Waals surface area contributed by atoms with E-state index in [0.29, 0.717) is 39.3 Å². The standard InChI is InChI=1S/C71H73N5O28S.Na/c1-36-19-25-43(26-20-36)66(85)101-57-52(35-94-105(88,89)90)100-71(61(103-68(87)45-29-23-38(3)24-30-45)60(57)102-67(86)44-27-21-37(2)22-28-44)104-59-54(76-64(83)48-17-11-12-18-49(48)65(76)84)69(91-32-14-8-13-31-73-74-72)98-51(56(59)96-41(6)79)34-93-70-53(75-62(81)46-15-9-10-16-47(46)63(75)82)58(97-42(7)80)55(95-40(5)78)50(99-70)33-92-39(4)77;/h9-12,15-30,50-61,69-71H,8,13-14,31-35H2,1-7H3,(H,88,89,90);/q;+1/p-1/t50-,51-,52-,53-,54-,55+,56+,57-,58-,59-,60+,61-,69-,70-,71+;/m1./s1. The number of ether oxygens (including phenoxy) is 13. The number of esters is 7. The Balaban J connectivity index is 0.0000130. The summed E-state index contributed by atoms with van der Waals surface area (Å²) >= 11 is 0. The molecule has 5 aromatic carbocycles. The Labute approximate surface area is 628 Å². The predicted molar refractivity (Wildman–Crippen MR) is 352 cm³/mol. The van der Waals surface area contributed by atoms with Crippen LogP contribution in [0.5, 0.6) is 0 Å². The Morgan fingerprint density at radius 1 is 0.462 bits per heavy atom. The quantitative estimate of drug-likeness (QED) is 0.00663. The molecule has 556 valence electrons. The van der Waals surface area contributed by atoms with E-state index < -0.39 is 188 Å². The van der Waals surface area contributed by atoms with Crippen molar-refractivity contribution in [3.05, 3.63) is 187 Å². The van der Waals surface area contributed by atoms with Crippen molar-refractivity contribution in [2.45, 2.75) is 160 Å². The Morgan fingerprint density at radius 3 is 1.27 bits per heavy atom. The average molecular weight is 1500 g/mol. The fraction of sp³-hybridized carbons (Fsp3) is 0.423. The van der Waals surface area contributed by atoms with Crippen LogP contribution in [0.1, 0.15) is 136 Å². The van der Waals surface area contributed by atoms with E-state index in [1.54, 1.807) is 32.9 Å². The van der Waals surface area contributed by atoms with E-state index in [9.17, 15) is 56.1 Å². The largest absolute Gasteiger partial charge is 1.00 e. The van der Waals surface area contributed by atoms with E-state index in [-0.39, 0.29) is 88.1 Å². The van der Waals surface area contributed by atoms with Gasteiger partial charge in [-0.2, -0.15) is 0 Å². The molecule has 0 radical (unpaired) electrons. The molecule has 0 saturated carbocycles. The van der Waals surface area contributed by atoms with Gasteiger partial charge in [-0.15, -0.1) is 0 Å². The van der Waals surface area contributed by atoms with Crippen molar-refractivity contribution in [1.29, 1.82) is 0 Å². The molecule has 0 spiro atoms. The third-order valence-electron chi connectivity index (χ3n) is 17.4. The summed E-state index contributed by atoms with van der Waals surface area (Å²) in [5.74, 6) is -11.8. The van der Waals surface area contributed by atoms with Crippen LogP contribution in [0.3, 0.4) is 0 Å². The van der Waals surface area contributed by atoms with E-state index in [4.69, 9.17) is 71.3 Å². The Bertz CT molecular complexity index is 4220. The first-order valence-electron chi connectivity index (χ1n) is 33.0. The van der Waals surface area contributed by atoms with Crippen molar-refractivity contribution in [3.63, 3.8) is 0 Å². The molecule has 5 heterocycles. The normalized spacial score (nSPS) is 25.3. The van der Waals surface area contributed by atoms with Crippen LogP contribution in [0.2, 0.25) is 0 Å². The van der Waals surface area contributed by atoms with Crippen LogP contribution in [0.4, 0.5) is 0 Å². The van der Waals surface area contributed by atoms with Gasteiger partial charge in [0.1, 0.15) is 43.1 Å². The van der Waals surface area contributed by atoms with Crippen LogP contribution in [0.15, 0.2) is 126 Å². The molecule has 5 aliphatic heterocycles. The van der Waals surface area contributed by atoms with Gasteiger partial charge in [-0.05, 0) is 99.8 Å².